The molecule has 1 aliphatic rings. The zero-order chi connectivity index (χ0) is 12.3. The van der Waals surface area contributed by atoms with E-state index in [0.717, 1.165) is 5.56 Å². The highest BCUT2D eigenvalue weighted by Gasteiger charge is 2.26. The van der Waals surface area contributed by atoms with Crippen LogP contribution in [0.2, 0.25) is 0 Å². The summed E-state index contributed by atoms with van der Waals surface area (Å²) in [5.41, 5.74) is 0.735. The van der Waals surface area contributed by atoms with Gasteiger partial charge < -0.3 is 5.32 Å². The van der Waals surface area contributed by atoms with E-state index in [1.165, 1.54) is 0 Å². The van der Waals surface area contributed by atoms with E-state index in [1.807, 2.05) is 6.92 Å². The average Bonchev–Trinajstić information content (AvgIpc) is 2.30. The van der Waals surface area contributed by atoms with Gasteiger partial charge in [0.15, 0.2) is 0 Å². The van der Waals surface area contributed by atoms with Crippen molar-refractivity contribution < 1.29 is 8.42 Å². The van der Waals surface area contributed by atoms with Gasteiger partial charge in [0, 0.05) is 38.1 Å². The summed E-state index contributed by atoms with van der Waals surface area (Å²) in [6.45, 7) is 3.80. The predicted molar refractivity (Wildman–Crippen MR) is 65.9 cm³/mol. The van der Waals surface area contributed by atoms with Crippen LogP contribution in [0.1, 0.15) is 12.5 Å². The Labute approximate surface area is 102 Å². The Hall–Kier alpha value is -0.980. The molecule has 0 radical (unpaired) electrons. The molecule has 1 aromatic rings. The van der Waals surface area contributed by atoms with Crippen molar-refractivity contribution in [3.63, 3.8) is 0 Å². The SMILES string of the molecule is C[C@H]1CN(S(=O)(=O)Cc2cccnc2)CCN1. The summed E-state index contributed by atoms with van der Waals surface area (Å²) in [5.74, 6) is 0.0353. The van der Waals surface area contributed by atoms with Crippen LogP contribution in [0.15, 0.2) is 24.5 Å². The second kappa shape index (κ2) is 5.12. The van der Waals surface area contributed by atoms with Gasteiger partial charge in [0.05, 0.1) is 5.75 Å². The van der Waals surface area contributed by atoms with Crippen LogP contribution in [0.25, 0.3) is 0 Å². The fraction of sp³-hybridized carbons (Fsp3) is 0.545. The monoisotopic (exact) mass is 255 g/mol. The highest BCUT2D eigenvalue weighted by Crippen LogP contribution is 2.12. The van der Waals surface area contributed by atoms with Crippen LogP contribution in [-0.2, 0) is 15.8 Å². The van der Waals surface area contributed by atoms with Gasteiger partial charge in [0.1, 0.15) is 0 Å². The van der Waals surface area contributed by atoms with Gasteiger partial charge in [-0.1, -0.05) is 6.07 Å². The van der Waals surface area contributed by atoms with Gasteiger partial charge in [0.25, 0.3) is 0 Å². The van der Waals surface area contributed by atoms with Gasteiger partial charge in [-0.25, -0.2) is 8.42 Å². The first-order chi connectivity index (χ1) is 8.08. The summed E-state index contributed by atoms with van der Waals surface area (Å²) in [6, 6.07) is 3.76. The molecule has 0 spiro atoms. The number of pyridine rings is 1. The van der Waals surface area contributed by atoms with Crippen LogP contribution in [0.4, 0.5) is 0 Å². The van der Waals surface area contributed by atoms with Crippen LogP contribution in [0.3, 0.4) is 0 Å². The smallest absolute Gasteiger partial charge is 0.218 e. The van der Waals surface area contributed by atoms with Gasteiger partial charge in [-0.15, -0.1) is 0 Å². The summed E-state index contributed by atoms with van der Waals surface area (Å²) in [4.78, 5) is 3.93. The lowest BCUT2D eigenvalue weighted by Crippen LogP contribution is -2.51. The number of sulfonamides is 1. The third-order valence-electron chi connectivity index (χ3n) is 2.80. The fourth-order valence-corrected chi connectivity index (χ4v) is 3.53. The Morgan fingerprint density at radius 1 is 1.59 bits per heavy atom. The number of hydrogen-bond donors (Lipinski definition) is 1. The van der Waals surface area contributed by atoms with Crippen LogP contribution >= 0.6 is 0 Å². The van der Waals surface area contributed by atoms with E-state index in [-0.39, 0.29) is 11.8 Å². The molecule has 94 valence electrons. The third-order valence-corrected chi connectivity index (χ3v) is 4.61. The maximum Gasteiger partial charge on any atom is 0.218 e. The van der Waals surface area contributed by atoms with Gasteiger partial charge in [-0.05, 0) is 18.6 Å². The molecule has 0 unspecified atom stereocenters. The molecule has 1 aromatic heterocycles. The standard InChI is InChI=1S/C11H17N3O2S/c1-10-8-14(6-5-13-10)17(15,16)9-11-3-2-4-12-7-11/h2-4,7,10,13H,5-6,8-9H2,1H3/t10-/m0/s1. The van der Waals surface area contributed by atoms with Crippen molar-refractivity contribution in [2.75, 3.05) is 19.6 Å². The molecule has 1 saturated heterocycles. The van der Waals surface area contributed by atoms with Crippen molar-refractivity contribution >= 4 is 10.0 Å². The van der Waals surface area contributed by atoms with Gasteiger partial charge in [0.2, 0.25) is 10.0 Å². The quantitative estimate of drug-likeness (QED) is 0.838. The molecule has 0 saturated carbocycles. The zero-order valence-electron chi connectivity index (χ0n) is 9.83. The minimum Gasteiger partial charge on any atom is -0.312 e. The van der Waals surface area contributed by atoms with Crippen LogP contribution in [-0.4, -0.2) is 43.4 Å². The fourth-order valence-electron chi connectivity index (χ4n) is 1.93. The van der Waals surface area contributed by atoms with E-state index in [0.29, 0.717) is 19.6 Å². The average molecular weight is 255 g/mol. The molecule has 0 bridgehead atoms. The molecule has 1 N–H and O–H groups in total. The Morgan fingerprint density at radius 3 is 3.06 bits per heavy atom. The largest absolute Gasteiger partial charge is 0.312 e. The first kappa shape index (κ1) is 12.5. The van der Waals surface area contributed by atoms with E-state index in [4.69, 9.17) is 0 Å². The first-order valence-electron chi connectivity index (χ1n) is 5.68. The minimum atomic E-state index is -3.22. The van der Waals surface area contributed by atoms with Crippen molar-refractivity contribution in [3.8, 4) is 0 Å². The van der Waals surface area contributed by atoms with Gasteiger partial charge >= 0.3 is 0 Å². The molecule has 5 nitrogen and oxygen atoms in total. The van der Waals surface area contributed by atoms with Gasteiger partial charge in [-0.2, -0.15) is 4.31 Å². The second-order valence-corrected chi connectivity index (χ2v) is 6.30. The molecule has 6 heteroatoms. The topological polar surface area (TPSA) is 62.3 Å². The zero-order valence-corrected chi connectivity index (χ0v) is 10.7. The van der Waals surface area contributed by atoms with Gasteiger partial charge in [-0.3, -0.25) is 4.98 Å². The molecule has 0 amide bonds. The van der Waals surface area contributed by atoms with Crippen molar-refractivity contribution in [1.82, 2.24) is 14.6 Å². The molecule has 1 aliphatic heterocycles. The molecular weight excluding hydrogens is 238 g/mol. The molecule has 2 rings (SSSR count). The number of rotatable bonds is 3. The molecule has 1 fully saturated rings. The van der Waals surface area contributed by atoms with E-state index in [2.05, 4.69) is 10.3 Å². The van der Waals surface area contributed by atoms with Crippen LogP contribution in [0, 0.1) is 0 Å². The summed E-state index contributed by atoms with van der Waals surface area (Å²) >= 11 is 0. The Balaban J connectivity index is 2.08. The molecule has 1 atom stereocenters. The van der Waals surface area contributed by atoms with E-state index < -0.39 is 10.0 Å². The Bertz CT molecular complexity index is 461. The van der Waals surface area contributed by atoms with Crippen molar-refractivity contribution in [2.45, 2.75) is 18.7 Å². The summed E-state index contributed by atoms with van der Waals surface area (Å²) in [5, 5.41) is 3.23. The molecule has 0 aromatic carbocycles. The number of nitrogens with zero attached hydrogens (tertiary/aromatic N) is 2. The van der Waals surface area contributed by atoms with E-state index >= 15 is 0 Å². The van der Waals surface area contributed by atoms with Crippen molar-refractivity contribution in [1.29, 1.82) is 0 Å². The summed E-state index contributed by atoms with van der Waals surface area (Å²) < 4.78 is 25.9. The lowest BCUT2D eigenvalue weighted by Gasteiger charge is -2.30. The highest BCUT2D eigenvalue weighted by atomic mass is 32.2. The minimum absolute atomic E-state index is 0.0353. The summed E-state index contributed by atoms with van der Waals surface area (Å²) in [7, 11) is -3.22. The molecule has 17 heavy (non-hydrogen) atoms. The second-order valence-electron chi connectivity index (χ2n) is 4.33. The third kappa shape index (κ3) is 3.24. The lowest BCUT2D eigenvalue weighted by molar-refractivity contribution is 0.310. The van der Waals surface area contributed by atoms with Crippen molar-refractivity contribution in [2.24, 2.45) is 0 Å². The number of hydrogen-bond acceptors (Lipinski definition) is 4. The maximum absolute atomic E-state index is 12.2. The Kier molecular flexibility index (Phi) is 3.76. The number of piperazine rings is 1. The lowest BCUT2D eigenvalue weighted by atomic mass is 10.3. The van der Waals surface area contributed by atoms with Crippen molar-refractivity contribution in [3.05, 3.63) is 30.1 Å². The normalized spacial score (nSPS) is 22.5. The van der Waals surface area contributed by atoms with Crippen LogP contribution in [0.5, 0.6) is 0 Å². The first-order valence-corrected chi connectivity index (χ1v) is 7.29. The van der Waals surface area contributed by atoms with E-state index in [9.17, 15) is 8.42 Å². The highest BCUT2D eigenvalue weighted by molar-refractivity contribution is 7.88. The van der Waals surface area contributed by atoms with E-state index in [1.54, 1.807) is 28.8 Å². The molecule has 2 heterocycles. The molecular formula is C11H17N3O2S. The maximum atomic E-state index is 12.2. The summed E-state index contributed by atoms with van der Waals surface area (Å²) in [6.07, 6.45) is 3.24. The van der Waals surface area contributed by atoms with Crippen LogP contribution < -0.4 is 5.32 Å². The molecule has 0 aliphatic carbocycles. The Morgan fingerprint density at radius 2 is 2.41 bits per heavy atom. The number of aromatic nitrogens is 1. The number of nitrogens with one attached hydrogen (secondary N) is 1. The predicted octanol–water partition coefficient (Wildman–Crippen LogP) is 0.205.